The Labute approximate surface area is 103 Å². The molecule has 1 atom stereocenters. The van der Waals surface area contributed by atoms with Crippen LogP contribution in [0.3, 0.4) is 0 Å². The number of aliphatic carboxylic acids is 1. The predicted octanol–water partition coefficient (Wildman–Crippen LogP) is -2.20. The summed E-state index contributed by atoms with van der Waals surface area (Å²) in [5, 5.41) is 27.0. The van der Waals surface area contributed by atoms with Gasteiger partial charge in [-0.1, -0.05) is 5.21 Å². The summed E-state index contributed by atoms with van der Waals surface area (Å²) in [5.74, 6) is -1.87. The molecule has 9 heteroatoms. The molecule has 18 heavy (non-hydrogen) atoms. The van der Waals surface area contributed by atoms with E-state index in [1.807, 2.05) is 0 Å². The van der Waals surface area contributed by atoms with Crippen LogP contribution in [0.2, 0.25) is 0 Å². The minimum Gasteiger partial charge on any atom is -0.480 e. The summed E-state index contributed by atoms with van der Waals surface area (Å²) in [6.45, 7) is 0.434. The predicted molar refractivity (Wildman–Crippen MR) is 59.7 cm³/mol. The first-order valence-corrected chi connectivity index (χ1v) is 5.33. The number of aliphatic hydroxyl groups is 1. The van der Waals surface area contributed by atoms with Gasteiger partial charge in [0, 0.05) is 19.6 Å². The Hall–Kier alpha value is -2.00. The summed E-state index contributed by atoms with van der Waals surface area (Å²) in [5.41, 5.74) is 5.32. The molecule has 1 unspecified atom stereocenters. The van der Waals surface area contributed by atoms with Gasteiger partial charge in [-0.05, 0) is 0 Å². The fourth-order valence-electron chi connectivity index (χ4n) is 1.26. The summed E-state index contributed by atoms with van der Waals surface area (Å²) in [4.78, 5) is 22.4. The first-order chi connectivity index (χ1) is 8.58. The molecule has 1 aromatic rings. The van der Waals surface area contributed by atoms with Crippen LogP contribution in [0.1, 0.15) is 16.9 Å². The van der Waals surface area contributed by atoms with Gasteiger partial charge in [0.2, 0.25) is 0 Å². The smallest absolute Gasteiger partial charge is 0.326 e. The van der Waals surface area contributed by atoms with Crippen LogP contribution in [0, 0.1) is 0 Å². The van der Waals surface area contributed by atoms with E-state index in [9.17, 15) is 9.59 Å². The Bertz CT molecular complexity index is 419. The zero-order valence-electron chi connectivity index (χ0n) is 9.61. The van der Waals surface area contributed by atoms with E-state index in [1.54, 1.807) is 0 Å². The second-order valence-electron chi connectivity index (χ2n) is 3.53. The van der Waals surface area contributed by atoms with Crippen LogP contribution in [0.4, 0.5) is 0 Å². The van der Waals surface area contributed by atoms with Gasteiger partial charge in [-0.2, -0.15) is 0 Å². The van der Waals surface area contributed by atoms with Gasteiger partial charge in [-0.15, -0.1) is 5.10 Å². The lowest BCUT2D eigenvalue weighted by molar-refractivity contribution is -0.139. The molecule has 5 N–H and O–H groups in total. The standard InChI is InChI=1S/C9H15N5O4/c10-2-3-14-5-7(12-13-14)8(16)11-6(1-4-15)9(17)18/h5-6,15H,1-4,10H2,(H,11,16)(H,17,18). The molecular weight excluding hydrogens is 242 g/mol. The van der Waals surface area contributed by atoms with Gasteiger partial charge >= 0.3 is 5.97 Å². The number of aliphatic hydroxyl groups excluding tert-OH is 1. The van der Waals surface area contributed by atoms with Crippen molar-refractivity contribution in [1.82, 2.24) is 20.3 Å². The van der Waals surface area contributed by atoms with E-state index in [2.05, 4.69) is 15.6 Å². The largest absolute Gasteiger partial charge is 0.480 e. The molecular formula is C9H15N5O4. The lowest BCUT2D eigenvalue weighted by Crippen LogP contribution is -2.41. The van der Waals surface area contributed by atoms with Gasteiger partial charge < -0.3 is 21.3 Å². The van der Waals surface area contributed by atoms with E-state index in [0.29, 0.717) is 13.1 Å². The molecule has 1 heterocycles. The van der Waals surface area contributed by atoms with Crippen molar-refractivity contribution in [3.63, 3.8) is 0 Å². The third kappa shape index (κ3) is 3.79. The van der Waals surface area contributed by atoms with Gasteiger partial charge in [0.05, 0.1) is 12.7 Å². The molecule has 0 aliphatic rings. The maximum absolute atomic E-state index is 11.6. The van der Waals surface area contributed by atoms with Crippen molar-refractivity contribution < 1.29 is 19.8 Å². The van der Waals surface area contributed by atoms with Gasteiger partial charge in [0.25, 0.3) is 5.91 Å². The molecule has 0 spiro atoms. The Morgan fingerprint density at radius 1 is 1.56 bits per heavy atom. The van der Waals surface area contributed by atoms with Crippen molar-refractivity contribution in [2.24, 2.45) is 5.73 Å². The second kappa shape index (κ2) is 6.67. The molecule has 100 valence electrons. The topological polar surface area (TPSA) is 143 Å². The average molecular weight is 257 g/mol. The third-order valence-corrected chi connectivity index (χ3v) is 2.15. The number of nitrogens with zero attached hydrogens (tertiary/aromatic N) is 3. The monoisotopic (exact) mass is 257 g/mol. The molecule has 9 nitrogen and oxygen atoms in total. The minimum atomic E-state index is -1.22. The number of carboxylic acids is 1. The summed E-state index contributed by atoms with van der Waals surface area (Å²) in [6.07, 6.45) is 1.30. The summed E-state index contributed by atoms with van der Waals surface area (Å²) in [6, 6.07) is -1.15. The van der Waals surface area contributed by atoms with Crippen molar-refractivity contribution in [3.05, 3.63) is 11.9 Å². The average Bonchev–Trinajstić information content (AvgIpc) is 2.77. The van der Waals surface area contributed by atoms with Crippen molar-refractivity contribution in [2.45, 2.75) is 19.0 Å². The zero-order chi connectivity index (χ0) is 13.5. The normalized spacial score (nSPS) is 12.1. The van der Waals surface area contributed by atoms with Crippen LogP contribution in [0.5, 0.6) is 0 Å². The van der Waals surface area contributed by atoms with Crippen LogP contribution >= 0.6 is 0 Å². The number of rotatable bonds is 7. The molecule has 0 radical (unpaired) electrons. The number of carbonyl (C=O) groups excluding carboxylic acids is 1. The fourth-order valence-corrected chi connectivity index (χ4v) is 1.26. The summed E-state index contributed by atoms with van der Waals surface area (Å²) >= 11 is 0. The Morgan fingerprint density at radius 2 is 2.28 bits per heavy atom. The van der Waals surface area contributed by atoms with E-state index in [-0.39, 0.29) is 18.7 Å². The van der Waals surface area contributed by atoms with E-state index in [0.717, 1.165) is 0 Å². The number of carboxylic acid groups (broad SMARTS) is 1. The van der Waals surface area contributed by atoms with E-state index in [4.69, 9.17) is 15.9 Å². The van der Waals surface area contributed by atoms with Crippen LogP contribution in [0.25, 0.3) is 0 Å². The zero-order valence-corrected chi connectivity index (χ0v) is 9.61. The van der Waals surface area contributed by atoms with E-state index < -0.39 is 17.9 Å². The number of aromatic nitrogens is 3. The van der Waals surface area contributed by atoms with Crippen molar-refractivity contribution in [2.75, 3.05) is 13.2 Å². The Morgan fingerprint density at radius 3 is 2.83 bits per heavy atom. The third-order valence-electron chi connectivity index (χ3n) is 2.15. The highest BCUT2D eigenvalue weighted by Gasteiger charge is 2.21. The minimum absolute atomic E-state index is 0.00707. The van der Waals surface area contributed by atoms with Crippen molar-refractivity contribution in [3.8, 4) is 0 Å². The molecule has 0 fully saturated rings. The molecule has 0 saturated carbocycles. The first-order valence-electron chi connectivity index (χ1n) is 5.33. The highest BCUT2D eigenvalue weighted by molar-refractivity contribution is 5.94. The first kappa shape index (κ1) is 14.1. The molecule has 0 saturated heterocycles. The van der Waals surface area contributed by atoms with E-state index in [1.165, 1.54) is 10.9 Å². The number of hydrogen-bond acceptors (Lipinski definition) is 6. The van der Waals surface area contributed by atoms with Crippen molar-refractivity contribution >= 4 is 11.9 Å². The quantitative estimate of drug-likeness (QED) is 0.434. The maximum Gasteiger partial charge on any atom is 0.326 e. The van der Waals surface area contributed by atoms with Gasteiger partial charge in [0.15, 0.2) is 5.69 Å². The molecule has 1 aromatic heterocycles. The highest BCUT2D eigenvalue weighted by Crippen LogP contribution is 1.97. The summed E-state index contributed by atoms with van der Waals surface area (Å²) in [7, 11) is 0. The number of nitrogens with two attached hydrogens (primary N) is 1. The van der Waals surface area contributed by atoms with Crippen LogP contribution in [0.15, 0.2) is 6.20 Å². The van der Waals surface area contributed by atoms with Gasteiger partial charge in [-0.3, -0.25) is 9.48 Å². The number of nitrogens with one attached hydrogen (secondary N) is 1. The SMILES string of the molecule is NCCn1cc(C(=O)NC(CCO)C(=O)O)nn1. The Kier molecular flexibility index (Phi) is 5.21. The van der Waals surface area contributed by atoms with Crippen molar-refractivity contribution in [1.29, 1.82) is 0 Å². The number of hydrogen-bond donors (Lipinski definition) is 4. The van der Waals surface area contributed by atoms with Gasteiger partial charge in [-0.25, -0.2) is 4.79 Å². The van der Waals surface area contributed by atoms with E-state index >= 15 is 0 Å². The number of carbonyl (C=O) groups is 2. The van der Waals surface area contributed by atoms with Gasteiger partial charge in [0.1, 0.15) is 6.04 Å². The molecule has 0 aliphatic carbocycles. The molecule has 1 rings (SSSR count). The molecule has 0 aliphatic heterocycles. The lowest BCUT2D eigenvalue weighted by atomic mass is 10.2. The summed E-state index contributed by atoms with van der Waals surface area (Å²) < 4.78 is 1.39. The lowest BCUT2D eigenvalue weighted by Gasteiger charge is -2.11. The maximum atomic E-state index is 11.6. The fraction of sp³-hybridized carbons (Fsp3) is 0.556. The molecule has 0 bridgehead atoms. The second-order valence-corrected chi connectivity index (χ2v) is 3.53. The van der Waals surface area contributed by atoms with Crippen LogP contribution in [-0.2, 0) is 11.3 Å². The molecule has 0 aromatic carbocycles. The van der Waals surface area contributed by atoms with Crippen LogP contribution in [-0.4, -0.2) is 56.3 Å². The number of amides is 1. The molecule has 1 amide bonds. The van der Waals surface area contributed by atoms with Crippen LogP contribution < -0.4 is 11.1 Å². The highest BCUT2D eigenvalue weighted by atomic mass is 16.4. The Balaban J connectivity index is 2.64.